The van der Waals surface area contributed by atoms with Crippen LogP contribution in [0.4, 0.5) is 4.79 Å². The molecule has 3 amide bonds. The van der Waals surface area contributed by atoms with E-state index in [1.54, 1.807) is 13.0 Å². The number of esters is 1. The number of carbonyl (C=O) groups excluding carboxylic acids is 3. The van der Waals surface area contributed by atoms with Crippen LogP contribution in [0.1, 0.15) is 18.7 Å². The van der Waals surface area contributed by atoms with E-state index in [1.807, 2.05) is 17.5 Å². The van der Waals surface area contributed by atoms with Gasteiger partial charge in [0.15, 0.2) is 6.10 Å². The lowest BCUT2D eigenvalue weighted by atomic mass is 10.3. The number of hydrogen-bond donors (Lipinski definition) is 2. The van der Waals surface area contributed by atoms with Crippen molar-refractivity contribution in [2.45, 2.75) is 20.0 Å². The quantitative estimate of drug-likeness (QED) is 0.637. The number of nitrogens with one attached hydrogen (secondary N) is 2. The molecule has 2 N–H and O–H groups in total. The summed E-state index contributed by atoms with van der Waals surface area (Å²) in [6, 6.07) is 3.09. The SMILES string of the molecule is CCNC(=O)NC(=O)C(C)OC(=O)/C=C/c1cccs1. The molecule has 0 aliphatic rings. The number of urea groups is 1. The molecule has 0 aliphatic carbocycles. The fourth-order valence-corrected chi connectivity index (χ4v) is 1.84. The number of rotatable bonds is 5. The highest BCUT2D eigenvalue weighted by atomic mass is 32.1. The van der Waals surface area contributed by atoms with Crippen molar-refractivity contribution in [2.24, 2.45) is 0 Å². The van der Waals surface area contributed by atoms with Gasteiger partial charge in [-0.2, -0.15) is 0 Å². The maximum Gasteiger partial charge on any atom is 0.331 e. The number of thiophene rings is 1. The van der Waals surface area contributed by atoms with Crippen LogP contribution in [0, 0.1) is 0 Å². The van der Waals surface area contributed by atoms with Crippen LogP contribution in [-0.2, 0) is 14.3 Å². The van der Waals surface area contributed by atoms with Gasteiger partial charge in [-0.1, -0.05) is 6.07 Å². The third kappa shape index (κ3) is 5.66. The molecule has 0 bridgehead atoms. The van der Waals surface area contributed by atoms with E-state index in [0.717, 1.165) is 4.88 Å². The molecule has 1 heterocycles. The Morgan fingerprint density at radius 2 is 2.20 bits per heavy atom. The van der Waals surface area contributed by atoms with Gasteiger partial charge in [0.1, 0.15) is 0 Å². The summed E-state index contributed by atoms with van der Waals surface area (Å²) in [7, 11) is 0. The molecule has 0 radical (unpaired) electrons. The molecular weight excluding hydrogens is 280 g/mol. The molecule has 1 aromatic rings. The first-order valence-corrected chi connectivity index (χ1v) is 6.91. The van der Waals surface area contributed by atoms with Crippen LogP contribution in [-0.4, -0.2) is 30.6 Å². The molecule has 0 spiro atoms. The Bertz CT molecular complexity index is 496. The van der Waals surface area contributed by atoms with E-state index >= 15 is 0 Å². The van der Waals surface area contributed by atoms with Crippen LogP contribution in [0.25, 0.3) is 6.08 Å². The minimum Gasteiger partial charge on any atom is -0.449 e. The highest BCUT2D eigenvalue weighted by molar-refractivity contribution is 7.10. The first kappa shape index (κ1) is 15.9. The van der Waals surface area contributed by atoms with Crippen LogP contribution < -0.4 is 10.6 Å². The van der Waals surface area contributed by atoms with Crippen LogP contribution >= 0.6 is 11.3 Å². The standard InChI is InChI=1S/C13H16N2O4S/c1-3-14-13(18)15-12(17)9(2)19-11(16)7-6-10-5-4-8-20-10/h4-9H,3H2,1-2H3,(H2,14,15,17,18)/b7-6+. The van der Waals surface area contributed by atoms with Gasteiger partial charge in [0.2, 0.25) is 0 Å². The minimum atomic E-state index is -1.04. The second-order valence-corrected chi connectivity index (χ2v) is 4.76. The molecule has 0 aliphatic heterocycles. The maximum atomic E-state index is 11.5. The summed E-state index contributed by atoms with van der Waals surface area (Å²) in [4.78, 5) is 35.0. The van der Waals surface area contributed by atoms with Crippen molar-refractivity contribution >= 4 is 35.3 Å². The van der Waals surface area contributed by atoms with E-state index in [4.69, 9.17) is 4.74 Å². The number of hydrogen-bond acceptors (Lipinski definition) is 5. The molecule has 0 fully saturated rings. The lowest BCUT2D eigenvalue weighted by molar-refractivity contribution is -0.149. The Labute approximate surface area is 120 Å². The lowest BCUT2D eigenvalue weighted by Crippen LogP contribution is -2.44. The van der Waals surface area contributed by atoms with Gasteiger partial charge >= 0.3 is 12.0 Å². The fourth-order valence-electron chi connectivity index (χ4n) is 1.22. The lowest BCUT2D eigenvalue weighted by Gasteiger charge is -2.11. The molecule has 1 aromatic heterocycles. The van der Waals surface area contributed by atoms with Crippen LogP contribution in [0.5, 0.6) is 0 Å². The van der Waals surface area contributed by atoms with E-state index in [-0.39, 0.29) is 0 Å². The second kappa shape index (κ2) is 8.11. The molecule has 0 aromatic carbocycles. The van der Waals surface area contributed by atoms with Crippen molar-refractivity contribution in [1.82, 2.24) is 10.6 Å². The van der Waals surface area contributed by atoms with E-state index < -0.39 is 24.0 Å². The Kier molecular flexibility index (Phi) is 6.45. The normalized spacial score (nSPS) is 11.9. The summed E-state index contributed by atoms with van der Waals surface area (Å²) < 4.78 is 4.88. The molecular formula is C13H16N2O4S. The zero-order valence-corrected chi connectivity index (χ0v) is 12.0. The van der Waals surface area contributed by atoms with E-state index in [0.29, 0.717) is 6.54 Å². The summed E-state index contributed by atoms with van der Waals surface area (Å²) in [6.07, 6.45) is 1.79. The molecule has 0 saturated heterocycles. The molecule has 1 rings (SSSR count). The topological polar surface area (TPSA) is 84.5 Å². The molecule has 6 nitrogen and oxygen atoms in total. The van der Waals surface area contributed by atoms with Gasteiger partial charge in [0.25, 0.3) is 5.91 Å². The number of imide groups is 1. The summed E-state index contributed by atoms with van der Waals surface area (Å²) in [5.74, 6) is -1.31. The maximum absolute atomic E-state index is 11.5. The third-order valence-electron chi connectivity index (χ3n) is 2.16. The third-order valence-corrected chi connectivity index (χ3v) is 3.00. The van der Waals surface area contributed by atoms with E-state index in [2.05, 4.69) is 10.6 Å². The van der Waals surface area contributed by atoms with Gasteiger partial charge in [-0.3, -0.25) is 10.1 Å². The van der Waals surface area contributed by atoms with Gasteiger partial charge in [0, 0.05) is 17.5 Å². The second-order valence-electron chi connectivity index (χ2n) is 3.78. The van der Waals surface area contributed by atoms with Crippen LogP contribution in [0.2, 0.25) is 0 Å². The number of ether oxygens (including phenoxy) is 1. The van der Waals surface area contributed by atoms with Crippen molar-refractivity contribution in [3.05, 3.63) is 28.5 Å². The van der Waals surface area contributed by atoms with Gasteiger partial charge in [-0.05, 0) is 31.4 Å². The summed E-state index contributed by atoms with van der Waals surface area (Å²) in [5.41, 5.74) is 0. The van der Waals surface area contributed by atoms with Gasteiger partial charge < -0.3 is 10.1 Å². The minimum absolute atomic E-state index is 0.400. The zero-order chi connectivity index (χ0) is 15.0. The first-order chi connectivity index (χ1) is 9.52. The molecule has 1 unspecified atom stereocenters. The summed E-state index contributed by atoms with van der Waals surface area (Å²) in [5, 5.41) is 6.35. The Morgan fingerprint density at radius 1 is 1.45 bits per heavy atom. The smallest absolute Gasteiger partial charge is 0.331 e. The average Bonchev–Trinajstić information content (AvgIpc) is 2.89. The summed E-state index contributed by atoms with van der Waals surface area (Å²) in [6.45, 7) is 3.52. The van der Waals surface area contributed by atoms with Gasteiger partial charge in [-0.25, -0.2) is 9.59 Å². The first-order valence-electron chi connectivity index (χ1n) is 6.03. The van der Waals surface area contributed by atoms with Gasteiger partial charge in [-0.15, -0.1) is 11.3 Å². The molecule has 1 atom stereocenters. The number of carbonyl (C=O) groups is 3. The van der Waals surface area contributed by atoms with Gasteiger partial charge in [0.05, 0.1) is 0 Å². The van der Waals surface area contributed by atoms with Crippen LogP contribution in [0.3, 0.4) is 0 Å². The number of amides is 3. The highest BCUT2D eigenvalue weighted by Gasteiger charge is 2.18. The molecule has 108 valence electrons. The van der Waals surface area contributed by atoms with Crippen LogP contribution in [0.15, 0.2) is 23.6 Å². The van der Waals surface area contributed by atoms with Crippen molar-refractivity contribution in [3.63, 3.8) is 0 Å². The average molecular weight is 296 g/mol. The van der Waals surface area contributed by atoms with Crippen molar-refractivity contribution in [2.75, 3.05) is 6.54 Å². The van der Waals surface area contributed by atoms with Crippen molar-refractivity contribution in [3.8, 4) is 0 Å². The fraction of sp³-hybridized carbons (Fsp3) is 0.308. The Hall–Kier alpha value is -2.15. The van der Waals surface area contributed by atoms with E-state index in [1.165, 1.54) is 24.3 Å². The predicted molar refractivity (Wildman–Crippen MR) is 76.1 cm³/mol. The molecule has 0 saturated carbocycles. The van der Waals surface area contributed by atoms with Crippen molar-refractivity contribution < 1.29 is 19.1 Å². The summed E-state index contributed by atoms with van der Waals surface area (Å²) >= 11 is 1.48. The van der Waals surface area contributed by atoms with Crippen molar-refractivity contribution in [1.29, 1.82) is 0 Å². The molecule has 20 heavy (non-hydrogen) atoms. The predicted octanol–water partition coefficient (Wildman–Crippen LogP) is 1.54. The Morgan fingerprint density at radius 3 is 2.80 bits per heavy atom. The highest BCUT2D eigenvalue weighted by Crippen LogP contribution is 2.10. The largest absolute Gasteiger partial charge is 0.449 e. The zero-order valence-electron chi connectivity index (χ0n) is 11.2. The molecule has 7 heteroatoms. The Balaban J connectivity index is 2.41. The monoisotopic (exact) mass is 296 g/mol. The van der Waals surface area contributed by atoms with E-state index in [9.17, 15) is 14.4 Å².